The van der Waals surface area contributed by atoms with Crippen LogP contribution in [0.4, 0.5) is 0 Å². The SMILES string of the molecule is CC1(C)OC[C@H]([C@H]2O[C@H]2CO)O1. The number of epoxide rings is 1. The first-order chi connectivity index (χ1) is 5.62. The molecule has 1 N–H and O–H groups in total. The smallest absolute Gasteiger partial charge is 0.163 e. The first-order valence-corrected chi connectivity index (χ1v) is 4.20. The van der Waals surface area contributed by atoms with Crippen molar-refractivity contribution in [3.8, 4) is 0 Å². The third-order valence-electron chi connectivity index (χ3n) is 2.20. The van der Waals surface area contributed by atoms with Crippen LogP contribution in [0.25, 0.3) is 0 Å². The second-order valence-corrected chi connectivity index (χ2v) is 3.69. The van der Waals surface area contributed by atoms with Gasteiger partial charge in [-0.1, -0.05) is 0 Å². The quantitative estimate of drug-likeness (QED) is 0.594. The third-order valence-corrected chi connectivity index (χ3v) is 2.20. The Morgan fingerprint density at radius 2 is 2.25 bits per heavy atom. The number of ether oxygens (including phenoxy) is 3. The first-order valence-electron chi connectivity index (χ1n) is 4.20. The van der Waals surface area contributed by atoms with Gasteiger partial charge in [-0.2, -0.15) is 0 Å². The van der Waals surface area contributed by atoms with Crippen LogP contribution in [0.2, 0.25) is 0 Å². The van der Waals surface area contributed by atoms with E-state index < -0.39 is 5.79 Å². The summed E-state index contributed by atoms with van der Waals surface area (Å²) in [6, 6.07) is 0. The van der Waals surface area contributed by atoms with Crippen molar-refractivity contribution in [3.05, 3.63) is 0 Å². The summed E-state index contributed by atoms with van der Waals surface area (Å²) in [5, 5.41) is 8.75. The Labute approximate surface area is 71.4 Å². The van der Waals surface area contributed by atoms with Crippen LogP contribution in [0.1, 0.15) is 13.8 Å². The maximum Gasteiger partial charge on any atom is 0.163 e. The Hall–Kier alpha value is -0.160. The first kappa shape index (κ1) is 8.44. The van der Waals surface area contributed by atoms with Crippen molar-refractivity contribution >= 4 is 0 Å². The lowest BCUT2D eigenvalue weighted by Crippen LogP contribution is -2.25. The van der Waals surface area contributed by atoms with E-state index in [2.05, 4.69) is 0 Å². The van der Waals surface area contributed by atoms with Crippen LogP contribution in [-0.2, 0) is 14.2 Å². The summed E-state index contributed by atoms with van der Waals surface area (Å²) in [5.74, 6) is -0.489. The fourth-order valence-electron chi connectivity index (χ4n) is 1.51. The average molecular weight is 174 g/mol. The van der Waals surface area contributed by atoms with Crippen molar-refractivity contribution in [2.75, 3.05) is 13.2 Å². The Morgan fingerprint density at radius 3 is 2.67 bits per heavy atom. The second-order valence-electron chi connectivity index (χ2n) is 3.69. The van der Waals surface area contributed by atoms with E-state index in [-0.39, 0.29) is 24.9 Å². The van der Waals surface area contributed by atoms with Crippen molar-refractivity contribution in [3.63, 3.8) is 0 Å². The Morgan fingerprint density at radius 1 is 1.50 bits per heavy atom. The van der Waals surface area contributed by atoms with Crippen LogP contribution < -0.4 is 0 Å². The summed E-state index contributed by atoms with van der Waals surface area (Å²) in [6.45, 7) is 4.39. The van der Waals surface area contributed by atoms with Gasteiger partial charge >= 0.3 is 0 Å². The minimum Gasteiger partial charge on any atom is -0.394 e. The molecule has 12 heavy (non-hydrogen) atoms. The molecule has 2 aliphatic rings. The fourth-order valence-corrected chi connectivity index (χ4v) is 1.51. The highest BCUT2D eigenvalue weighted by molar-refractivity contribution is 4.93. The van der Waals surface area contributed by atoms with Gasteiger partial charge in [0.25, 0.3) is 0 Å². The van der Waals surface area contributed by atoms with Crippen LogP contribution in [0.15, 0.2) is 0 Å². The second kappa shape index (κ2) is 2.67. The minimum atomic E-state index is -0.489. The van der Waals surface area contributed by atoms with E-state index in [1.165, 1.54) is 0 Å². The summed E-state index contributed by atoms with van der Waals surface area (Å²) in [6.07, 6.45) is 0.00132. The van der Waals surface area contributed by atoms with E-state index in [0.29, 0.717) is 6.61 Å². The standard InChI is InChI=1S/C8H14O4/c1-8(2)10-4-6(12-8)7-5(3-9)11-7/h5-7,9H,3-4H2,1-2H3/t5-,6+,7-/m0/s1. The van der Waals surface area contributed by atoms with E-state index in [1.54, 1.807) is 0 Å². The summed E-state index contributed by atoms with van der Waals surface area (Å²) >= 11 is 0. The lowest BCUT2D eigenvalue weighted by molar-refractivity contribution is -0.140. The molecular formula is C8H14O4. The summed E-state index contributed by atoms with van der Waals surface area (Å²) in [5.41, 5.74) is 0. The average Bonchev–Trinajstić information content (AvgIpc) is 2.70. The molecule has 2 fully saturated rings. The molecule has 0 aromatic carbocycles. The van der Waals surface area contributed by atoms with Gasteiger partial charge in [-0.05, 0) is 13.8 Å². The molecule has 2 saturated heterocycles. The van der Waals surface area contributed by atoms with Crippen LogP contribution in [-0.4, -0.2) is 42.4 Å². The van der Waals surface area contributed by atoms with Gasteiger partial charge in [-0.15, -0.1) is 0 Å². The topological polar surface area (TPSA) is 51.2 Å². The molecule has 70 valence electrons. The van der Waals surface area contributed by atoms with E-state index in [4.69, 9.17) is 19.3 Å². The third kappa shape index (κ3) is 1.47. The van der Waals surface area contributed by atoms with Gasteiger partial charge in [0.2, 0.25) is 0 Å². The van der Waals surface area contributed by atoms with Crippen LogP contribution in [0.5, 0.6) is 0 Å². The van der Waals surface area contributed by atoms with Gasteiger partial charge in [-0.25, -0.2) is 0 Å². The molecule has 2 aliphatic heterocycles. The molecule has 4 nitrogen and oxygen atoms in total. The van der Waals surface area contributed by atoms with E-state index in [0.717, 1.165) is 0 Å². The zero-order valence-corrected chi connectivity index (χ0v) is 7.32. The van der Waals surface area contributed by atoms with Crippen LogP contribution in [0, 0.1) is 0 Å². The number of aliphatic hydroxyl groups excluding tert-OH is 1. The predicted molar refractivity (Wildman–Crippen MR) is 40.7 cm³/mol. The van der Waals surface area contributed by atoms with Crippen molar-refractivity contribution in [2.45, 2.75) is 37.9 Å². The van der Waals surface area contributed by atoms with Crippen molar-refractivity contribution in [1.82, 2.24) is 0 Å². The van der Waals surface area contributed by atoms with Gasteiger partial charge in [0.15, 0.2) is 5.79 Å². The summed E-state index contributed by atoms with van der Waals surface area (Å²) in [4.78, 5) is 0. The molecule has 0 spiro atoms. The number of hydrogen-bond acceptors (Lipinski definition) is 4. The molecule has 3 atom stereocenters. The molecule has 2 heterocycles. The number of rotatable bonds is 2. The van der Waals surface area contributed by atoms with Crippen LogP contribution in [0.3, 0.4) is 0 Å². The molecule has 0 aliphatic carbocycles. The molecule has 2 rings (SSSR count). The predicted octanol–water partition coefficient (Wildman–Crippen LogP) is -0.102. The van der Waals surface area contributed by atoms with E-state index in [1.807, 2.05) is 13.8 Å². The Kier molecular flexibility index (Phi) is 1.88. The van der Waals surface area contributed by atoms with E-state index in [9.17, 15) is 0 Å². The molecule has 0 radical (unpaired) electrons. The maximum absolute atomic E-state index is 8.75. The highest BCUT2D eigenvalue weighted by Crippen LogP contribution is 2.34. The van der Waals surface area contributed by atoms with Crippen molar-refractivity contribution in [2.24, 2.45) is 0 Å². The minimum absolute atomic E-state index is 0.00264. The fraction of sp³-hybridized carbons (Fsp3) is 1.00. The molecule has 0 saturated carbocycles. The molecule has 0 aromatic rings. The van der Waals surface area contributed by atoms with E-state index >= 15 is 0 Å². The zero-order valence-electron chi connectivity index (χ0n) is 7.32. The van der Waals surface area contributed by atoms with Gasteiger partial charge in [-0.3, -0.25) is 0 Å². The van der Waals surface area contributed by atoms with Crippen LogP contribution >= 0.6 is 0 Å². The van der Waals surface area contributed by atoms with Gasteiger partial charge in [0.1, 0.15) is 18.3 Å². The lowest BCUT2D eigenvalue weighted by atomic mass is 10.2. The molecule has 4 heteroatoms. The summed E-state index contributed by atoms with van der Waals surface area (Å²) in [7, 11) is 0. The van der Waals surface area contributed by atoms with Gasteiger partial charge < -0.3 is 19.3 Å². The normalized spacial score (nSPS) is 44.8. The molecule has 0 amide bonds. The molecular weight excluding hydrogens is 160 g/mol. The number of hydrogen-bond donors (Lipinski definition) is 1. The molecule has 0 bridgehead atoms. The van der Waals surface area contributed by atoms with Crippen molar-refractivity contribution in [1.29, 1.82) is 0 Å². The molecule has 0 aromatic heterocycles. The summed E-state index contributed by atoms with van der Waals surface area (Å²) < 4.78 is 16.1. The Balaban J connectivity index is 1.85. The monoisotopic (exact) mass is 174 g/mol. The lowest BCUT2D eigenvalue weighted by Gasteiger charge is -2.16. The van der Waals surface area contributed by atoms with Crippen molar-refractivity contribution < 1.29 is 19.3 Å². The maximum atomic E-state index is 8.75. The Bertz CT molecular complexity index is 180. The number of aliphatic hydroxyl groups is 1. The molecule has 0 unspecified atom stereocenters. The van der Waals surface area contributed by atoms with Gasteiger partial charge in [0.05, 0.1) is 13.2 Å². The zero-order chi connectivity index (χ0) is 8.77. The highest BCUT2D eigenvalue weighted by Gasteiger charge is 2.50. The van der Waals surface area contributed by atoms with Gasteiger partial charge in [0, 0.05) is 0 Å². The highest BCUT2D eigenvalue weighted by atomic mass is 16.8. The largest absolute Gasteiger partial charge is 0.394 e.